The van der Waals surface area contributed by atoms with E-state index >= 15 is 0 Å². The van der Waals surface area contributed by atoms with Gasteiger partial charge in [0.2, 0.25) is 6.49 Å². The first-order valence-corrected chi connectivity index (χ1v) is 30.6. The number of ether oxygens (including phenoxy) is 6. The Morgan fingerprint density at radius 3 is 1.41 bits per heavy atom. The maximum atomic E-state index is 13.3. The number of aliphatic hydroxyl groups excluding tert-OH is 1. The molecule has 4 aliphatic heterocycles. The molecule has 0 amide bonds. The Kier molecular flexibility index (Phi) is 18.7. The smallest absolute Gasteiger partial charge is 0.412 e. The molecule has 2 saturated heterocycles. The van der Waals surface area contributed by atoms with Crippen LogP contribution in [0.25, 0.3) is 11.1 Å². The highest BCUT2D eigenvalue weighted by Gasteiger charge is 2.58. The quantitative estimate of drug-likeness (QED) is 0.152. The molecular formula is C44H49Cl5F6O12P2S2. The first-order valence-electron chi connectivity index (χ1n) is 21.9. The maximum absolute atomic E-state index is 13.3. The van der Waals surface area contributed by atoms with Crippen molar-refractivity contribution in [1.82, 2.24) is 0 Å². The molecule has 396 valence electrons. The molecule has 2 aromatic rings. The molecule has 6 aliphatic rings. The number of hydrogen-bond donors (Lipinski definition) is 1. The Morgan fingerprint density at radius 1 is 0.634 bits per heavy atom. The fraction of sp³-hybridized carbons (Fsp3) is 0.591. The summed E-state index contributed by atoms with van der Waals surface area (Å²) in [5.41, 5.74) is -2.75. The summed E-state index contributed by atoms with van der Waals surface area (Å²) in [6, 6.07) is 6.36. The molecule has 2 unspecified atom stereocenters. The normalized spacial score (nSPS) is 23.1. The van der Waals surface area contributed by atoms with Gasteiger partial charge in [0.1, 0.15) is 23.4 Å². The van der Waals surface area contributed by atoms with Crippen LogP contribution in [0.15, 0.2) is 35.8 Å². The molecule has 27 heteroatoms. The van der Waals surface area contributed by atoms with E-state index in [-0.39, 0.29) is 40.5 Å². The lowest BCUT2D eigenvalue weighted by Gasteiger charge is -2.45. The third-order valence-electron chi connectivity index (χ3n) is 12.2. The topological polar surface area (TPSA) is 137 Å². The zero-order valence-corrected chi connectivity index (χ0v) is 45.6. The van der Waals surface area contributed by atoms with Crippen molar-refractivity contribution in [1.29, 1.82) is 0 Å². The number of rotatable bonds is 8. The second-order valence-corrected chi connectivity index (χ2v) is 29.7. The van der Waals surface area contributed by atoms with Crippen LogP contribution in [0.2, 0.25) is 20.1 Å². The van der Waals surface area contributed by atoms with Gasteiger partial charge < -0.3 is 47.1 Å². The zero-order valence-electron chi connectivity index (χ0n) is 38.4. The van der Waals surface area contributed by atoms with Crippen molar-refractivity contribution in [3.05, 3.63) is 78.1 Å². The van der Waals surface area contributed by atoms with Crippen molar-refractivity contribution in [2.75, 3.05) is 53.0 Å². The number of carbonyl (C=O) groups excluding carboxylic acids is 2. The number of esters is 2. The minimum absolute atomic E-state index is 0.0114. The highest BCUT2D eigenvalue weighted by molar-refractivity contribution is 8.24. The number of alkyl halides is 6. The van der Waals surface area contributed by atoms with E-state index in [0.29, 0.717) is 102 Å². The lowest BCUT2D eigenvalue weighted by Crippen LogP contribution is -2.49. The molecule has 8 rings (SSSR count). The lowest BCUT2D eigenvalue weighted by molar-refractivity contribution is -0.291. The van der Waals surface area contributed by atoms with Gasteiger partial charge in [-0.1, -0.05) is 69.5 Å². The van der Waals surface area contributed by atoms with Crippen molar-refractivity contribution in [3.8, 4) is 0 Å². The molecule has 2 aromatic carbocycles. The Balaban J connectivity index is 0.000000201. The summed E-state index contributed by atoms with van der Waals surface area (Å²) in [5, 5.41) is 12.3. The molecule has 2 aliphatic carbocycles. The van der Waals surface area contributed by atoms with E-state index in [4.69, 9.17) is 107 Å². The third kappa shape index (κ3) is 14.7. The van der Waals surface area contributed by atoms with Crippen molar-refractivity contribution in [2.24, 2.45) is 0 Å². The predicted molar refractivity (Wildman–Crippen MR) is 263 cm³/mol. The molecule has 12 nitrogen and oxygen atoms in total. The lowest BCUT2D eigenvalue weighted by atomic mass is 9.79. The minimum atomic E-state index is -4.59. The number of aryl methyl sites for hydroxylation is 2. The second kappa shape index (κ2) is 22.6. The Bertz CT molecular complexity index is 2460. The molecule has 0 bridgehead atoms. The standard InChI is InChI=1S/C22H24Cl2F3O6PS.C19H20Cl2O5.C3H5ClF3OPS/c1-13-10-14(23)11-15(24)16(13)17-18(33-34(2,35)31-12-22(25,26)27)20(32-19(17)28)4-6-21(7-5-20)29-8-3-9-30-21;1-11-9-12(20)10-13(21)14(11)15-16(22)18(26-17(15)23)3-5-19(6-4-18)24-7-2-8-25-19;1-9(4,10)8-2-3(5,6)7/h10-11H,3-9,12H2,1-2H3;9-10,22H,2-8H2,1H3;2H2,1H3. The second-order valence-electron chi connectivity index (χ2n) is 17.7. The molecule has 2 atom stereocenters. The molecule has 4 spiro atoms. The van der Waals surface area contributed by atoms with Crippen LogP contribution in [0.4, 0.5) is 26.3 Å². The average Bonchev–Trinajstić information content (AvgIpc) is 3.65. The average molecular weight is 1190 g/mol. The highest BCUT2D eigenvalue weighted by atomic mass is 35.7. The van der Waals surface area contributed by atoms with Crippen LogP contribution in [0.1, 0.15) is 86.5 Å². The van der Waals surface area contributed by atoms with Gasteiger partial charge >= 0.3 is 24.3 Å². The summed E-state index contributed by atoms with van der Waals surface area (Å²) in [7, 11) is 0. The largest absolute Gasteiger partial charge is 0.507 e. The third-order valence-corrected chi connectivity index (χ3v) is 16.0. The fourth-order valence-electron chi connectivity index (χ4n) is 8.92. The van der Waals surface area contributed by atoms with E-state index in [9.17, 15) is 41.0 Å². The number of aliphatic hydroxyl groups is 1. The Morgan fingerprint density at radius 2 is 1.01 bits per heavy atom. The monoisotopic (exact) mass is 1180 g/mol. The van der Waals surface area contributed by atoms with Gasteiger partial charge in [0, 0.05) is 60.2 Å². The summed E-state index contributed by atoms with van der Waals surface area (Å²) in [5.74, 6) is -2.70. The van der Waals surface area contributed by atoms with E-state index in [1.165, 1.54) is 19.4 Å². The predicted octanol–water partition coefficient (Wildman–Crippen LogP) is 13.9. The number of benzene rings is 2. The van der Waals surface area contributed by atoms with Gasteiger partial charge in [-0.15, -0.1) is 0 Å². The van der Waals surface area contributed by atoms with E-state index in [1.807, 2.05) is 0 Å². The van der Waals surface area contributed by atoms with Crippen LogP contribution in [0.3, 0.4) is 0 Å². The van der Waals surface area contributed by atoms with Crippen LogP contribution in [-0.4, -0.2) is 105 Å². The molecule has 4 fully saturated rings. The summed E-state index contributed by atoms with van der Waals surface area (Å²) in [6.07, 6.45) is -3.96. The Hall–Kier alpha value is -1.45. The Labute approximate surface area is 441 Å². The van der Waals surface area contributed by atoms with Crippen LogP contribution in [-0.2, 0) is 75.2 Å². The van der Waals surface area contributed by atoms with Gasteiger partial charge in [0.15, 0.2) is 40.9 Å². The fourth-order valence-corrected chi connectivity index (χ4v) is 12.4. The van der Waals surface area contributed by atoms with Crippen LogP contribution >= 0.6 is 69.8 Å². The van der Waals surface area contributed by atoms with Crippen molar-refractivity contribution in [3.63, 3.8) is 0 Å². The van der Waals surface area contributed by atoms with Gasteiger partial charge in [-0.3, -0.25) is 0 Å². The van der Waals surface area contributed by atoms with Crippen LogP contribution in [0.5, 0.6) is 0 Å². The first kappa shape index (κ1) is 58.8. The zero-order chi connectivity index (χ0) is 52.6. The molecular weight excluding hydrogens is 1140 g/mol. The molecule has 2 saturated carbocycles. The van der Waals surface area contributed by atoms with Crippen LogP contribution < -0.4 is 0 Å². The van der Waals surface area contributed by atoms with Crippen LogP contribution in [0, 0.1) is 13.8 Å². The van der Waals surface area contributed by atoms with Gasteiger partial charge in [-0.2, -0.15) is 26.3 Å². The maximum Gasteiger partial charge on any atom is 0.412 e. The highest BCUT2D eigenvalue weighted by Crippen LogP contribution is 2.59. The number of hydrogen-bond acceptors (Lipinski definition) is 14. The van der Waals surface area contributed by atoms with Crippen molar-refractivity contribution >= 4 is 116 Å². The number of carbonyl (C=O) groups is 2. The molecule has 0 radical (unpaired) electrons. The van der Waals surface area contributed by atoms with E-state index < -0.39 is 72.4 Å². The van der Waals surface area contributed by atoms with Gasteiger partial charge in [0.25, 0.3) is 0 Å². The van der Waals surface area contributed by atoms with Crippen molar-refractivity contribution < 1.29 is 83.0 Å². The van der Waals surface area contributed by atoms with E-state index in [2.05, 4.69) is 16.3 Å². The first-order chi connectivity index (χ1) is 32.8. The minimum Gasteiger partial charge on any atom is -0.507 e. The SMILES string of the molecule is CP(=S)(Cl)OCC(F)(F)F.Cc1cc(Cl)cc(Cl)c1C1=C(O)C2(CCC3(CC2)OCCCO3)OC1=O.Cc1cc(Cl)cc(Cl)c1C1=C(OP(C)(=S)OCC(F)(F)F)C2(CCC3(CC2)OCCCO3)OC1=O. The van der Waals surface area contributed by atoms with E-state index in [0.717, 1.165) is 12.8 Å². The molecule has 0 aromatic heterocycles. The van der Waals surface area contributed by atoms with Gasteiger partial charge in [-0.25, -0.2) is 9.59 Å². The summed E-state index contributed by atoms with van der Waals surface area (Å²) in [4.78, 5) is 25.9. The molecule has 1 N–H and O–H groups in total. The summed E-state index contributed by atoms with van der Waals surface area (Å²) < 4.78 is 123. The summed E-state index contributed by atoms with van der Waals surface area (Å²) >= 11 is 39.9. The molecule has 4 heterocycles. The summed E-state index contributed by atoms with van der Waals surface area (Å²) in [6.45, 7) is 2.06. The van der Waals surface area contributed by atoms with E-state index in [1.54, 1.807) is 32.0 Å². The van der Waals surface area contributed by atoms with Crippen molar-refractivity contribution in [2.45, 2.75) is 113 Å². The van der Waals surface area contributed by atoms with Gasteiger partial charge in [-0.05, 0) is 99.6 Å². The van der Waals surface area contributed by atoms with Gasteiger partial charge in [0.05, 0.1) is 36.5 Å². The number of halogens is 11. The molecule has 71 heavy (non-hydrogen) atoms.